The molecule has 0 bridgehead atoms. The van der Waals surface area contributed by atoms with Crippen LogP contribution in [0.5, 0.6) is 0 Å². The first-order valence-electron chi connectivity index (χ1n) is 41.1. The van der Waals surface area contributed by atoms with Crippen LogP contribution in [0.2, 0.25) is 0 Å². The molecule has 0 aliphatic carbocycles. The van der Waals surface area contributed by atoms with Crippen LogP contribution in [-0.4, -0.2) is 39.0 Å². The zero-order valence-corrected chi connectivity index (χ0v) is 68.1. The number of halogens is 6. The van der Waals surface area contributed by atoms with E-state index < -0.39 is 23.5 Å². The highest BCUT2D eigenvalue weighted by molar-refractivity contribution is 6.14. The number of aromatic nitrogens is 8. The van der Waals surface area contributed by atoms with Crippen LogP contribution >= 0.6 is 0 Å². The van der Waals surface area contributed by atoms with E-state index in [1.807, 2.05) is 152 Å². The second-order valence-corrected chi connectivity index (χ2v) is 31.9. The largest absolute Gasteiger partial charge is 0.417 e. The fraction of sp³-hybridized carbons (Fsp3) is 0.0727. The molecule has 0 aliphatic heterocycles. The third-order valence-electron chi connectivity index (χ3n) is 23.6. The van der Waals surface area contributed by atoms with E-state index in [-0.39, 0.29) is 17.5 Å². The van der Waals surface area contributed by atoms with Crippen molar-refractivity contribution >= 4 is 43.6 Å². The van der Waals surface area contributed by atoms with Gasteiger partial charge in [0.2, 0.25) is 0 Å². The fourth-order valence-electron chi connectivity index (χ4n) is 17.5. The summed E-state index contributed by atoms with van der Waals surface area (Å²) in [5.74, 6) is 2.26. The van der Waals surface area contributed by atoms with Crippen molar-refractivity contribution in [2.45, 2.75) is 53.4 Å². The van der Waals surface area contributed by atoms with Crippen LogP contribution in [-0.2, 0) is 18.8 Å². The number of alkyl halides is 6. The van der Waals surface area contributed by atoms with E-state index in [0.29, 0.717) is 74.1 Å². The van der Waals surface area contributed by atoms with E-state index in [9.17, 15) is 0 Å². The standard InChI is InChI=1S/C110H76F6N8/c1-66-34-40-72(41-35-66)78-45-52-97-90(59-78)91-60-79(73-42-36-67(2)37-43-73)46-53-98(91)124(97)102-65-89(87-31-19-21-33-96(87)110(114,115)116)83(63-94(102)108-121-105(76-26-14-8-15-27-76)118-106(122-108)77-28-16-9-17-29-77)58-71-39-50-85(70(5)57-71)81-48-55-100-93(62-81)92-61-80(84-49-38-68(3)56-69(84)4)47-54-99(92)123(100)101-64-82(86-30-18-20-32-95(86)109(111,112)113)44-51-88(101)107-119-103(74-22-10-6-11-23-74)117-104(120-107)75-24-12-7-13-25-75/h6-57,59-65H,58H2,1-5H3. The Kier molecular flexibility index (Phi) is 19.6. The van der Waals surface area contributed by atoms with Gasteiger partial charge in [-0.05, 0) is 215 Å². The summed E-state index contributed by atoms with van der Waals surface area (Å²) in [7, 11) is 0. The highest BCUT2D eigenvalue weighted by atomic mass is 19.4. The van der Waals surface area contributed by atoms with E-state index >= 15 is 26.3 Å². The summed E-state index contributed by atoms with van der Waals surface area (Å²) in [5, 5.41) is 3.59. The first kappa shape index (κ1) is 77.3. The van der Waals surface area contributed by atoms with Gasteiger partial charge in [-0.3, -0.25) is 0 Å². The molecule has 0 unspecified atom stereocenters. The van der Waals surface area contributed by atoms with Crippen LogP contribution in [0, 0.1) is 34.6 Å². The van der Waals surface area contributed by atoms with Gasteiger partial charge in [-0.15, -0.1) is 0 Å². The molecule has 0 saturated carbocycles. The average molecular weight is 1620 g/mol. The second kappa shape index (κ2) is 31.4. The van der Waals surface area contributed by atoms with Crippen molar-refractivity contribution in [2.75, 3.05) is 0 Å². The summed E-state index contributed by atoms with van der Waals surface area (Å²) in [4.78, 5) is 31.5. The predicted molar refractivity (Wildman–Crippen MR) is 490 cm³/mol. The molecule has 20 aromatic rings. The maximum atomic E-state index is 16.2. The smallest absolute Gasteiger partial charge is 0.308 e. The minimum absolute atomic E-state index is 0.00104. The molecular weight excluding hydrogens is 1550 g/mol. The van der Waals surface area contributed by atoms with Crippen molar-refractivity contribution < 1.29 is 26.3 Å². The number of fused-ring (bicyclic) bond motifs is 6. The monoisotopic (exact) mass is 1620 g/mol. The number of aryl methyl sites for hydroxylation is 5. The van der Waals surface area contributed by atoms with Gasteiger partial charge in [0, 0.05) is 54.9 Å². The maximum absolute atomic E-state index is 16.2. The van der Waals surface area contributed by atoms with Gasteiger partial charge in [0.05, 0.1) is 44.6 Å². The fourth-order valence-corrected chi connectivity index (χ4v) is 17.5. The molecule has 0 N–H and O–H groups in total. The molecule has 0 aliphatic rings. The molecule has 124 heavy (non-hydrogen) atoms. The predicted octanol–water partition coefficient (Wildman–Crippen LogP) is 29.4. The molecule has 8 nitrogen and oxygen atoms in total. The zero-order valence-electron chi connectivity index (χ0n) is 68.1. The molecule has 20 rings (SSSR count). The number of rotatable bonds is 16. The van der Waals surface area contributed by atoms with Crippen LogP contribution in [0.25, 0.3) is 190 Å². The molecule has 4 heterocycles. The summed E-state index contributed by atoms with van der Waals surface area (Å²) in [5.41, 5.74) is 22.0. The SMILES string of the molecule is Cc1ccc(-c2ccc3c(c2)c2cc(-c4ccc(C)cc4)ccc2n3-c2cc(-c3ccccc3C(F)(F)F)c(Cc3ccc(-c4ccc5c(c4)c4cc(-c6ccc(C)cc6C)ccc4n5-c4cc(-c5ccccc5C(F)(F)F)ccc4-c4nc(-c5ccccc5)nc(-c5ccccc5)n4)c(C)c3)cc2-c2nc(-c3ccccc3)nc(-c3ccccc3)n2)cc1. The maximum Gasteiger partial charge on any atom is 0.417 e. The first-order chi connectivity index (χ1) is 60.2. The molecule has 0 amide bonds. The number of hydrogen-bond acceptors (Lipinski definition) is 6. The summed E-state index contributed by atoms with van der Waals surface area (Å²) < 4.78 is 98.7. The minimum Gasteiger partial charge on any atom is -0.308 e. The molecule has 0 radical (unpaired) electrons. The summed E-state index contributed by atoms with van der Waals surface area (Å²) in [6, 6.07) is 115. The van der Waals surface area contributed by atoms with E-state index in [4.69, 9.17) is 29.9 Å². The molecule has 16 aromatic carbocycles. The number of hydrogen-bond donors (Lipinski definition) is 0. The Morgan fingerprint density at radius 2 is 0.556 bits per heavy atom. The quantitative estimate of drug-likeness (QED) is 0.0896. The molecular formula is C110H76F6N8. The topological polar surface area (TPSA) is 87.2 Å². The van der Waals surface area contributed by atoms with Crippen molar-refractivity contribution in [3.05, 3.63) is 408 Å². The molecule has 14 heteroatoms. The lowest BCUT2D eigenvalue weighted by atomic mass is 9.88. The summed E-state index contributed by atoms with van der Waals surface area (Å²) >= 11 is 0. The normalized spacial score (nSPS) is 11.9. The zero-order chi connectivity index (χ0) is 84.6. The number of benzene rings is 16. The van der Waals surface area contributed by atoms with Crippen LogP contribution < -0.4 is 0 Å². The Morgan fingerprint density at radius 3 is 0.992 bits per heavy atom. The van der Waals surface area contributed by atoms with Crippen LogP contribution in [0.1, 0.15) is 50.1 Å². The van der Waals surface area contributed by atoms with Gasteiger partial charge in [-0.2, -0.15) is 26.3 Å². The van der Waals surface area contributed by atoms with Gasteiger partial charge < -0.3 is 9.13 Å². The Labute approximate surface area is 712 Å². The summed E-state index contributed by atoms with van der Waals surface area (Å²) in [6.45, 7) is 10.4. The van der Waals surface area contributed by atoms with Gasteiger partial charge in [0.25, 0.3) is 0 Å². The Balaban J connectivity index is 0.795. The van der Waals surface area contributed by atoms with Crippen LogP contribution in [0.15, 0.2) is 358 Å². The van der Waals surface area contributed by atoms with E-state index in [2.05, 4.69) is 195 Å². The van der Waals surface area contributed by atoms with Crippen LogP contribution in [0.4, 0.5) is 26.3 Å². The van der Waals surface area contributed by atoms with Crippen molar-refractivity contribution in [1.82, 2.24) is 39.0 Å². The lowest BCUT2D eigenvalue weighted by molar-refractivity contribution is -0.137. The molecule has 4 aromatic heterocycles. The second-order valence-electron chi connectivity index (χ2n) is 31.9. The lowest BCUT2D eigenvalue weighted by Gasteiger charge is -2.22. The van der Waals surface area contributed by atoms with Gasteiger partial charge >= 0.3 is 12.4 Å². The Bertz CT molecular complexity index is 7350. The molecule has 0 fully saturated rings. The van der Waals surface area contributed by atoms with E-state index in [1.54, 1.807) is 24.3 Å². The molecule has 598 valence electrons. The van der Waals surface area contributed by atoms with Gasteiger partial charge in [0.15, 0.2) is 34.9 Å². The van der Waals surface area contributed by atoms with E-state index in [0.717, 1.165) is 156 Å². The molecule has 0 saturated heterocycles. The lowest BCUT2D eigenvalue weighted by Crippen LogP contribution is -2.09. The Hall–Kier alpha value is -15.3. The van der Waals surface area contributed by atoms with Crippen LogP contribution in [0.3, 0.4) is 0 Å². The van der Waals surface area contributed by atoms with Gasteiger partial charge in [-0.25, -0.2) is 29.9 Å². The van der Waals surface area contributed by atoms with Crippen molar-refractivity contribution in [3.8, 4) is 146 Å². The first-order valence-corrected chi connectivity index (χ1v) is 41.1. The third-order valence-corrected chi connectivity index (χ3v) is 23.6. The van der Waals surface area contributed by atoms with Crippen molar-refractivity contribution in [1.29, 1.82) is 0 Å². The van der Waals surface area contributed by atoms with E-state index in [1.165, 1.54) is 18.2 Å². The molecule has 0 atom stereocenters. The molecule has 0 spiro atoms. The highest BCUT2D eigenvalue weighted by Crippen LogP contribution is 2.49. The van der Waals surface area contributed by atoms with Crippen molar-refractivity contribution in [3.63, 3.8) is 0 Å². The van der Waals surface area contributed by atoms with Gasteiger partial charge in [-0.1, -0.05) is 290 Å². The highest BCUT2D eigenvalue weighted by Gasteiger charge is 2.36. The average Bonchev–Trinajstić information content (AvgIpc) is 1.53. The third kappa shape index (κ3) is 14.6. The minimum atomic E-state index is -4.77. The van der Waals surface area contributed by atoms with Crippen molar-refractivity contribution in [2.24, 2.45) is 0 Å². The van der Waals surface area contributed by atoms with Gasteiger partial charge in [0.1, 0.15) is 0 Å². The summed E-state index contributed by atoms with van der Waals surface area (Å²) in [6.07, 6.45) is -9.29. The number of nitrogens with zero attached hydrogens (tertiary/aromatic N) is 8. The Morgan fingerprint density at radius 1 is 0.226 bits per heavy atom.